The van der Waals surface area contributed by atoms with Gasteiger partial charge in [0.25, 0.3) is 0 Å². The van der Waals surface area contributed by atoms with E-state index >= 15 is 0 Å². The molecular weight excluding hydrogens is 184 g/mol. The van der Waals surface area contributed by atoms with Gasteiger partial charge >= 0.3 is 0 Å². The first-order chi connectivity index (χ1) is 6.09. The number of benzene rings is 1. The van der Waals surface area contributed by atoms with Crippen molar-refractivity contribution in [1.82, 2.24) is 0 Å². The van der Waals surface area contributed by atoms with Gasteiger partial charge < -0.3 is 5.11 Å². The van der Waals surface area contributed by atoms with Gasteiger partial charge in [-0.2, -0.15) is 0 Å². The van der Waals surface area contributed by atoms with Crippen LogP contribution in [0.3, 0.4) is 0 Å². The number of rotatable bonds is 3. The Bertz CT molecular complexity index is 289. The fraction of sp³-hybridized carbons (Fsp3) is 0.273. The lowest BCUT2D eigenvalue weighted by molar-refractivity contribution is 0.178. The van der Waals surface area contributed by atoms with Crippen molar-refractivity contribution >= 4 is 11.6 Å². The Morgan fingerprint density at radius 1 is 1.46 bits per heavy atom. The summed E-state index contributed by atoms with van der Waals surface area (Å²) < 4.78 is 0. The van der Waals surface area contributed by atoms with Gasteiger partial charge in [-0.25, -0.2) is 0 Å². The zero-order chi connectivity index (χ0) is 9.84. The van der Waals surface area contributed by atoms with E-state index < -0.39 is 6.10 Å². The molecule has 0 aliphatic carbocycles. The molecule has 1 nitrogen and oxygen atoms in total. The van der Waals surface area contributed by atoms with Crippen LogP contribution in [0.2, 0.25) is 5.02 Å². The molecule has 2 heteroatoms. The van der Waals surface area contributed by atoms with E-state index in [4.69, 9.17) is 11.6 Å². The molecule has 1 rings (SSSR count). The Balaban J connectivity index is 2.71. The first-order valence-electron chi connectivity index (χ1n) is 4.17. The molecule has 0 bridgehead atoms. The molecule has 0 spiro atoms. The van der Waals surface area contributed by atoms with Crippen LogP contribution in [0.15, 0.2) is 36.4 Å². The van der Waals surface area contributed by atoms with Crippen molar-refractivity contribution in [3.63, 3.8) is 0 Å². The molecule has 0 saturated heterocycles. The van der Waals surface area contributed by atoms with Crippen LogP contribution < -0.4 is 0 Å². The summed E-state index contributed by atoms with van der Waals surface area (Å²) in [7, 11) is 0. The zero-order valence-corrected chi connectivity index (χ0v) is 8.38. The number of hydrogen-bond donors (Lipinski definition) is 1. The van der Waals surface area contributed by atoms with Gasteiger partial charge in [-0.05, 0) is 31.0 Å². The first kappa shape index (κ1) is 10.3. The Labute approximate surface area is 83.7 Å². The smallest absolute Gasteiger partial charge is 0.0826 e. The van der Waals surface area contributed by atoms with Crippen LogP contribution >= 0.6 is 11.6 Å². The largest absolute Gasteiger partial charge is 0.388 e. The van der Waals surface area contributed by atoms with Crippen LogP contribution in [0.25, 0.3) is 0 Å². The molecule has 0 fully saturated rings. The Morgan fingerprint density at radius 3 is 2.46 bits per heavy atom. The summed E-state index contributed by atoms with van der Waals surface area (Å²) in [6, 6.07) is 7.21. The minimum absolute atomic E-state index is 0.463. The topological polar surface area (TPSA) is 20.2 Å². The molecule has 0 aliphatic heterocycles. The van der Waals surface area contributed by atoms with Crippen LogP contribution in [0.5, 0.6) is 0 Å². The van der Waals surface area contributed by atoms with E-state index in [0.29, 0.717) is 11.4 Å². The van der Waals surface area contributed by atoms with E-state index in [1.54, 1.807) is 12.1 Å². The quantitative estimate of drug-likeness (QED) is 0.736. The maximum Gasteiger partial charge on any atom is 0.0826 e. The third-order valence-electron chi connectivity index (χ3n) is 1.80. The first-order valence-corrected chi connectivity index (χ1v) is 4.55. The van der Waals surface area contributed by atoms with E-state index in [-0.39, 0.29) is 0 Å². The van der Waals surface area contributed by atoms with Crippen molar-refractivity contribution in [3.05, 3.63) is 47.0 Å². The Hall–Kier alpha value is -0.790. The monoisotopic (exact) mass is 196 g/mol. The maximum absolute atomic E-state index is 9.68. The SMILES string of the molecule is C=C(C)CC(O)c1ccc(Cl)cc1. The van der Waals surface area contributed by atoms with E-state index in [2.05, 4.69) is 6.58 Å². The summed E-state index contributed by atoms with van der Waals surface area (Å²) in [5.41, 5.74) is 1.86. The van der Waals surface area contributed by atoms with E-state index in [9.17, 15) is 5.11 Å². The number of aliphatic hydroxyl groups excluding tert-OH is 1. The Morgan fingerprint density at radius 2 is 2.00 bits per heavy atom. The standard InChI is InChI=1S/C11H13ClO/c1-8(2)7-11(13)9-3-5-10(12)6-4-9/h3-6,11,13H,1,7H2,2H3. The summed E-state index contributed by atoms with van der Waals surface area (Å²) in [6.45, 7) is 5.65. The van der Waals surface area contributed by atoms with Crippen LogP contribution in [-0.4, -0.2) is 5.11 Å². The average molecular weight is 197 g/mol. The fourth-order valence-electron chi connectivity index (χ4n) is 1.13. The molecule has 0 saturated carbocycles. The predicted molar refractivity (Wildman–Crippen MR) is 55.8 cm³/mol. The molecule has 0 heterocycles. The van der Waals surface area contributed by atoms with Gasteiger partial charge in [0, 0.05) is 5.02 Å². The lowest BCUT2D eigenvalue weighted by Crippen LogP contribution is -1.96. The van der Waals surface area contributed by atoms with Crippen molar-refractivity contribution in [1.29, 1.82) is 0 Å². The highest BCUT2D eigenvalue weighted by Crippen LogP contribution is 2.21. The van der Waals surface area contributed by atoms with Crippen molar-refractivity contribution in [2.45, 2.75) is 19.4 Å². The van der Waals surface area contributed by atoms with E-state index in [1.807, 2.05) is 19.1 Å². The van der Waals surface area contributed by atoms with E-state index in [1.165, 1.54) is 0 Å². The molecule has 0 radical (unpaired) electrons. The molecular formula is C11H13ClO. The van der Waals surface area contributed by atoms with Gasteiger partial charge in [0.05, 0.1) is 6.10 Å². The van der Waals surface area contributed by atoms with Crippen molar-refractivity contribution in [3.8, 4) is 0 Å². The number of hydrogen-bond acceptors (Lipinski definition) is 1. The minimum Gasteiger partial charge on any atom is -0.388 e. The molecule has 70 valence electrons. The number of halogens is 1. The average Bonchev–Trinajstić information content (AvgIpc) is 2.04. The number of aliphatic hydroxyl groups is 1. The summed E-state index contributed by atoms with van der Waals surface area (Å²) in [5, 5.41) is 10.4. The lowest BCUT2D eigenvalue weighted by atomic mass is 10.0. The molecule has 0 aliphatic rings. The second-order valence-electron chi connectivity index (χ2n) is 3.23. The highest BCUT2D eigenvalue weighted by atomic mass is 35.5. The molecule has 1 N–H and O–H groups in total. The summed E-state index contributed by atoms with van der Waals surface area (Å²) in [6.07, 6.45) is 0.136. The molecule has 1 aromatic rings. The third-order valence-corrected chi connectivity index (χ3v) is 2.05. The third kappa shape index (κ3) is 3.21. The van der Waals surface area contributed by atoms with Crippen LogP contribution in [-0.2, 0) is 0 Å². The molecule has 1 atom stereocenters. The fourth-order valence-corrected chi connectivity index (χ4v) is 1.26. The van der Waals surface area contributed by atoms with Gasteiger partial charge in [-0.1, -0.05) is 29.3 Å². The van der Waals surface area contributed by atoms with Crippen molar-refractivity contribution in [2.75, 3.05) is 0 Å². The van der Waals surface area contributed by atoms with Crippen LogP contribution in [0.1, 0.15) is 25.0 Å². The predicted octanol–water partition coefficient (Wildman–Crippen LogP) is 3.34. The molecule has 13 heavy (non-hydrogen) atoms. The highest BCUT2D eigenvalue weighted by molar-refractivity contribution is 6.30. The lowest BCUT2D eigenvalue weighted by Gasteiger charge is -2.10. The van der Waals surface area contributed by atoms with Crippen molar-refractivity contribution in [2.24, 2.45) is 0 Å². The maximum atomic E-state index is 9.68. The summed E-state index contributed by atoms with van der Waals surface area (Å²) >= 11 is 5.72. The summed E-state index contributed by atoms with van der Waals surface area (Å²) in [4.78, 5) is 0. The summed E-state index contributed by atoms with van der Waals surface area (Å²) in [5.74, 6) is 0. The molecule has 1 unspecified atom stereocenters. The van der Waals surface area contributed by atoms with Gasteiger partial charge in [0.2, 0.25) is 0 Å². The van der Waals surface area contributed by atoms with Crippen LogP contribution in [0, 0.1) is 0 Å². The van der Waals surface area contributed by atoms with Crippen LogP contribution in [0.4, 0.5) is 0 Å². The Kier molecular flexibility index (Phi) is 3.52. The minimum atomic E-state index is -0.463. The van der Waals surface area contributed by atoms with Gasteiger partial charge in [0.15, 0.2) is 0 Å². The molecule has 0 aromatic heterocycles. The second kappa shape index (κ2) is 4.45. The van der Waals surface area contributed by atoms with Gasteiger partial charge in [-0.15, -0.1) is 6.58 Å². The van der Waals surface area contributed by atoms with Gasteiger partial charge in [0.1, 0.15) is 0 Å². The van der Waals surface area contributed by atoms with Crippen molar-refractivity contribution < 1.29 is 5.11 Å². The second-order valence-corrected chi connectivity index (χ2v) is 3.67. The van der Waals surface area contributed by atoms with E-state index in [0.717, 1.165) is 11.1 Å². The van der Waals surface area contributed by atoms with Gasteiger partial charge in [-0.3, -0.25) is 0 Å². The molecule has 0 amide bonds. The highest BCUT2D eigenvalue weighted by Gasteiger charge is 2.06. The molecule has 1 aromatic carbocycles. The zero-order valence-electron chi connectivity index (χ0n) is 7.63. The normalized spacial score (nSPS) is 12.5.